The number of amides is 2. The molecule has 2 aromatic rings. The standard InChI is InChI=1S/C17H18N2O4/c1-22-13-6-4-12(5-7-13)9-15-17(21)18-10-16(20)19(15)11-14-3-2-8-23-14/h2-8,15H,9-11H2,1H3,(H,18,21)/t15-/m0/s1. The van der Waals surface area contributed by atoms with Crippen LogP contribution in [-0.2, 0) is 22.6 Å². The summed E-state index contributed by atoms with van der Waals surface area (Å²) in [5.74, 6) is 1.16. The molecule has 6 heteroatoms. The van der Waals surface area contributed by atoms with E-state index < -0.39 is 6.04 Å². The maximum Gasteiger partial charge on any atom is 0.243 e. The Hall–Kier alpha value is -2.76. The van der Waals surface area contributed by atoms with Crippen LogP contribution in [0.1, 0.15) is 11.3 Å². The lowest BCUT2D eigenvalue weighted by atomic mass is 10.0. The van der Waals surface area contributed by atoms with E-state index in [0.29, 0.717) is 18.7 Å². The Kier molecular flexibility index (Phi) is 4.32. The molecule has 0 aliphatic carbocycles. The Morgan fingerprint density at radius 2 is 2.04 bits per heavy atom. The van der Waals surface area contributed by atoms with Gasteiger partial charge in [0.2, 0.25) is 11.8 Å². The largest absolute Gasteiger partial charge is 0.497 e. The molecule has 1 N–H and O–H groups in total. The maximum atomic E-state index is 12.2. The minimum Gasteiger partial charge on any atom is -0.497 e. The maximum absolute atomic E-state index is 12.2. The quantitative estimate of drug-likeness (QED) is 0.904. The van der Waals surface area contributed by atoms with Gasteiger partial charge in [-0.2, -0.15) is 0 Å². The highest BCUT2D eigenvalue weighted by Crippen LogP contribution is 2.18. The Balaban J connectivity index is 1.79. The van der Waals surface area contributed by atoms with Crippen molar-refractivity contribution in [1.29, 1.82) is 0 Å². The van der Waals surface area contributed by atoms with E-state index in [1.54, 1.807) is 30.4 Å². The molecule has 1 atom stereocenters. The van der Waals surface area contributed by atoms with Crippen LogP contribution in [0, 0.1) is 0 Å². The average Bonchev–Trinajstić information content (AvgIpc) is 3.08. The van der Waals surface area contributed by atoms with Crippen LogP contribution < -0.4 is 10.1 Å². The summed E-state index contributed by atoms with van der Waals surface area (Å²) in [5, 5.41) is 2.65. The Bertz CT molecular complexity index is 679. The number of piperazine rings is 1. The van der Waals surface area contributed by atoms with Gasteiger partial charge in [-0.05, 0) is 29.8 Å². The van der Waals surface area contributed by atoms with Crippen LogP contribution in [0.2, 0.25) is 0 Å². The van der Waals surface area contributed by atoms with Crippen LogP contribution in [0.3, 0.4) is 0 Å². The highest BCUT2D eigenvalue weighted by molar-refractivity contribution is 5.94. The fourth-order valence-corrected chi connectivity index (χ4v) is 2.65. The molecular weight excluding hydrogens is 296 g/mol. The number of methoxy groups -OCH3 is 1. The van der Waals surface area contributed by atoms with E-state index in [1.165, 1.54) is 0 Å². The minimum absolute atomic E-state index is 0.0264. The monoisotopic (exact) mass is 314 g/mol. The second-order valence-corrected chi connectivity index (χ2v) is 5.39. The average molecular weight is 314 g/mol. The summed E-state index contributed by atoms with van der Waals surface area (Å²) in [7, 11) is 1.60. The van der Waals surface area contributed by atoms with E-state index in [2.05, 4.69) is 5.32 Å². The van der Waals surface area contributed by atoms with Gasteiger partial charge in [-0.15, -0.1) is 0 Å². The molecule has 1 aromatic carbocycles. The van der Waals surface area contributed by atoms with Crippen molar-refractivity contribution in [2.75, 3.05) is 13.7 Å². The number of nitrogens with one attached hydrogen (secondary N) is 1. The SMILES string of the molecule is COc1ccc(C[C@H]2C(=O)NCC(=O)N2Cc2ccco2)cc1. The zero-order valence-corrected chi connectivity index (χ0v) is 12.8. The predicted octanol–water partition coefficient (Wildman–Crippen LogP) is 1.36. The molecule has 2 amide bonds. The van der Waals surface area contributed by atoms with Crippen molar-refractivity contribution in [2.24, 2.45) is 0 Å². The van der Waals surface area contributed by atoms with Crippen molar-refractivity contribution in [2.45, 2.75) is 19.0 Å². The zero-order chi connectivity index (χ0) is 16.2. The fraction of sp³-hybridized carbons (Fsp3) is 0.294. The van der Waals surface area contributed by atoms with Gasteiger partial charge in [0.05, 0.1) is 26.5 Å². The number of ether oxygens (including phenoxy) is 1. The number of nitrogens with zero attached hydrogens (tertiary/aromatic N) is 1. The second kappa shape index (κ2) is 6.56. The molecular formula is C17H18N2O4. The predicted molar refractivity (Wildman–Crippen MR) is 82.8 cm³/mol. The van der Waals surface area contributed by atoms with Crippen LogP contribution >= 0.6 is 0 Å². The van der Waals surface area contributed by atoms with E-state index in [9.17, 15) is 9.59 Å². The van der Waals surface area contributed by atoms with E-state index in [1.807, 2.05) is 24.3 Å². The summed E-state index contributed by atoms with van der Waals surface area (Å²) in [5.41, 5.74) is 0.963. The van der Waals surface area contributed by atoms with Crippen molar-refractivity contribution in [3.05, 3.63) is 54.0 Å². The van der Waals surface area contributed by atoms with E-state index >= 15 is 0 Å². The van der Waals surface area contributed by atoms with Gasteiger partial charge >= 0.3 is 0 Å². The first-order valence-corrected chi connectivity index (χ1v) is 7.40. The molecule has 0 spiro atoms. The summed E-state index contributed by atoms with van der Waals surface area (Å²) in [6.45, 7) is 0.318. The number of carbonyl (C=O) groups is 2. The third-order valence-corrected chi connectivity index (χ3v) is 3.91. The van der Waals surface area contributed by atoms with E-state index in [0.717, 1.165) is 11.3 Å². The van der Waals surface area contributed by atoms with Gasteiger partial charge in [0.25, 0.3) is 0 Å². The zero-order valence-electron chi connectivity index (χ0n) is 12.8. The number of rotatable bonds is 5. The van der Waals surface area contributed by atoms with Gasteiger partial charge in [0.1, 0.15) is 17.6 Å². The summed E-state index contributed by atoms with van der Waals surface area (Å²) in [6, 6.07) is 10.5. The first-order valence-electron chi connectivity index (χ1n) is 7.40. The molecule has 2 heterocycles. The van der Waals surface area contributed by atoms with Crippen molar-refractivity contribution in [1.82, 2.24) is 10.2 Å². The molecule has 0 unspecified atom stereocenters. The van der Waals surface area contributed by atoms with Crippen LogP contribution in [0.15, 0.2) is 47.1 Å². The minimum atomic E-state index is -0.547. The molecule has 0 radical (unpaired) electrons. The highest BCUT2D eigenvalue weighted by Gasteiger charge is 2.34. The van der Waals surface area contributed by atoms with Crippen LogP contribution in [0.5, 0.6) is 5.75 Å². The van der Waals surface area contributed by atoms with E-state index in [-0.39, 0.29) is 18.4 Å². The molecule has 1 aliphatic heterocycles. The Morgan fingerprint density at radius 3 is 2.70 bits per heavy atom. The lowest BCUT2D eigenvalue weighted by Gasteiger charge is -2.34. The third kappa shape index (κ3) is 3.36. The number of carbonyl (C=O) groups excluding carboxylic acids is 2. The van der Waals surface area contributed by atoms with Gasteiger partial charge in [-0.1, -0.05) is 12.1 Å². The van der Waals surface area contributed by atoms with Crippen LogP contribution in [-0.4, -0.2) is 36.4 Å². The topological polar surface area (TPSA) is 71.8 Å². The lowest BCUT2D eigenvalue weighted by Crippen LogP contribution is -2.58. The fourth-order valence-electron chi connectivity index (χ4n) is 2.65. The van der Waals surface area contributed by atoms with Gasteiger partial charge in [0.15, 0.2) is 0 Å². The van der Waals surface area contributed by atoms with Gasteiger partial charge < -0.3 is 19.4 Å². The molecule has 1 aliphatic rings. The number of hydrogen-bond donors (Lipinski definition) is 1. The van der Waals surface area contributed by atoms with Crippen molar-refractivity contribution < 1.29 is 18.7 Å². The lowest BCUT2D eigenvalue weighted by molar-refractivity contribution is -0.146. The molecule has 120 valence electrons. The Labute approximate surface area is 134 Å². The highest BCUT2D eigenvalue weighted by atomic mass is 16.5. The Morgan fingerprint density at radius 1 is 1.26 bits per heavy atom. The van der Waals surface area contributed by atoms with Gasteiger partial charge in [0, 0.05) is 6.42 Å². The molecule has 0 bridgehead atoms. The molecule has 1 saturated heterocycles. The third-order valence-electron chi connectivity index (χ3n) is 3.91. The summed E-state index contributed by atoms with van der Waals surface area (Å²) >= 11 is 0. The van der Waals surface area contributed by atoms with Crippen LogP contribution in [0.4, 0.5) is 0 Å². The molecule has 3 rings (SSSR count). The molecule has 0 saturated carbocycles. The van der Waals surface area contributed by atoms with Crippen molar-refractivity contribution >= 4 is 11.8 Å². The number of furan rings is 1. The summed E-state index contributed by atoms with van der Waals surface area (Å²) in [6.07, 6.45) is 2.00. The van der Waals surface area contributed by atoms with Gasteiger partial charge in [-0.3, -0.25) is 9.59 Å². The molecule has 23 heavy (non-hydrogen) atoms. The molecule has 1 aromatic heterocycles. The summed E-state index contributed by atoms with van der Waals surface area (Å²) in [4.78, 5) is 26.0. The van der Waals surface area contributed by atoms with Crippen molar-refractivity contribution in [3.8, 4) is 5.75 Å². The number of benzene rings is 1. The van der Waals surface area contributed by atoms with Crippen LogP contribution in [0.25, 0.3) is 0 Å². The molecule has 1 fully saturated rings. The number of hydrogen-bond acceptors (Lipinski definition) is 4. The smallest absolute Gasteiger partial charge is 0.243 e. The normalized spacial score (nSPS) is 18.0. The first-order chi connectivity index (χ1) is 11.2. The van der Waals surface area contributed by atoms with Crippen molar-refractivity contribution in [3.63, 3.8) is 0 Å². The first kappa shape index (κ1) is 15.1. The van der Waals surface area contributed by atoms with Gasteiger partial charge in [-0.25, -0.2) is 0 Å². The van der Waals surface area contributed by atoms with E-state index in [4.69, 9.17) is 9.15 Å². The molecule has 6 nitrogen and oxygen atoms in total. The second-order valence-electron chi connectivity index (χ2n) is 5.39. The summed E-state index contributed by atoms with van der Waals surface area (Å²) < 4.78 is 10.4.